The summed E-state index contributed by atoms with van der Waals surface area (Å²) >= 11 is 2.16. The van der Waals surface area contributed by atoms with Gasteiger partial charge in [-0.3, -0.25) is 14.8 Å². The zero-order valence-electron chi connectivity index (χ0n) is 19.2. The number of pyridine rings is 2. The van der Waals surface area contributed by atoms with Gasteiger partial charge in [-0.15, -0.1) is 0 Å². The van der Waals surface area contributed by atoms with E-state index in [0.717, 1.165) is 9.39 Å². The Morgan fingerprint density at radius 1 is 1.18 bits per heavy atom. The van der Waals surface area contributed by atoms with E-state index in [2.05, 4.69) is 42.5 Å². The highest BCUT2D eigenvalue weighted by molar-refractivity contribution is 14.1. The summed E-state index contributed by atoms with van der Waals surface area (Å²) in [5, 5.41) is 11.4. The number of H-pyrrole nitrogens is 1. The van der Waals surface area contributed by atoms with Gasteiger partial charge in [0.15, 0.2) is 0 Å². The first-order valence-corrected chi connectivity index (χ1v) is 12.0. The van der Waals surface area contributed by atoms with Crippen molar-refractivity contribution in [2.75, 3.05) is 31.1 Å². The van der Waals surface area contributed by atoms with Gasteiger partial charge in [0, 0.05) is 46.7 Å². The maximum atomic E-state index is 12.2. The molecule has 10 heteroatoms. The van der Waals surface area contributed by atoms with Crippen LogP contribution in [0.3, 0.4) is 0 Å². The molecule has 0 unspecified atom stereocenters. The monoisotopic (exact) mass is 575 g/mol. The molecule has 1 aliphatic rings. The Morgan fingerprint density at radius 2 is 1.91 bits per heavy atom. The highest BCUT2D eigenvalue weighted by Crippen LogP contribution is 2.24. The number of aromatic amines is 1. The number of nitrogens with one attached hydrogen (secondary N) is 1. The summed E-state index contributed by atoms with van der Waals surface area (Å²) in [5.41, 5.74) is 0.192. The van der Waals surface area contributed by atoms with Gasteiger partial charge in [0.05, 0.1) is 17.4 Å². The fourth-order valence-corrected chi connectivity index (χ4v) is 4.15. The van der Waals surface area contributed by atoms with Crippen LogP contribution in [0.2, 0.25) is 0 Å². The van der Waals surface area contributed by atoms with Crippen molar-refractivity contribution in [2.24, 2.45) is 4.99 Å². The Kier molecular flexibility index (Phi) is 6.78. The summed E-state index contributed by atoms with van der Waals surface area (Å²) in [6.45, 7) is 8.02. The van der Waals surface area contributed by atoms with Crippen LogP contribution in [0.15, 0.2) is 46.3 Å². The maximum absolute atomic E-state index is 12.2. The predicted octanol–water partition coefficient (Wildman–Crippen LogP) is 4.04. The number of benzene rings is 1. The number of aromatic hydroxyl groups is 1. The first-order valence-electron chi connectivity index (χ1n) is 10.9. The number of amides is 1. The van der Waals surface area contributed by atoms with E-state index >= 15 is 0 Å². The molecule has 34 heavy (non-hydrogen) atoms. The minimum absolute atomic E-state index is 0.226. The molecule has 2 N–H and O–H groups in total. The number of piperazine rings is 1. The molecule has 4 rings (SSSR count). The van der Waals surface area contributed by atoms with Crippen molar-refractivity contribution in [3.05, 3.63) is 56.0 Å². The van der Waals surface area contributed by atoms with Gasteiger partial charge < -0.3 is 19.6 Å². The Hall–Kier alpha value is -3.15. The Labute approximate surface area is 210 Å². The summed E-state index contributed by atoms with van der Waals surface area (Å²) < 4.78 is 6.39. The molecule has 0 atom stereocenters. The average molecular weight is 575 g/mol. The molecule has 1 saturated heterocycles. The van der Waals surface area contributed by atoms with E-state index in [0.29, 0.717) is 48.2 Å². The van der Waals surface area contributed by atoms with Crippen LogP contribution in [0, 0.1) is 3.57 Å². The Balaban J connectivity index is 1.45. The van der Waals surface area contributed by atoms with Gasteiger partial charge in [0.2, 0.25) is 5.88 Å². The van der Waals surface area contributed by atoms with Crippen LogP contribution in [0.4, 0.5) is 16.3 Å². The maximum Gasteiger partial charge on any atom is 0.410 e. The molecular weight excluding hydrogens is 549 g/mol. The van der Waals surface area contributed by atoms with Crippen molar-refractivity contribution in [2.45, 2.75) is 26.4 Å². The third-order valence-electron chi connectivity index (χ3n) is 5.33. The van der Waals surface area contributed by atoms with E-state index in [-0.39, 0.29) is 17.5 Å². The Morgan fingerprint density at radius 3 is 2.56 bits per heavy atom. The molecule has 0 spiro atoms. The molecule has 178 valence electrons. The van der Waals surface area contributed by atoms with Gasteiger partial charge in [-0.25, -0.2) is 9.78 Å². The molecule has 0 aliphatic carbocycles. The quantitative estimate of drug-likeness (QED) is 0.361. The van der Waals surface area contributed by atoms with Crippen molar-refractivity contribution in [1.29, 1.82) is 0 Å². The van der Waals surface area contributed by atoms with Crippen LogP contribution in [0.25, 0.3) is 10.8 Å². The van der Waals surface area contributed by atoms with Crippen molar-refractivity contribution >= 4 is 57.2 Å². The molecule has 1 aromatic carbocycles. The third-order valence-corrected chi connectivity index (χ3v) is 6.00. The lowest BCUT2D eigenvalue weighted by Gasteiger charge is -2.36. The fourth-order valence-electron chi connectivity index (χ4n) is 3.66. The van der Waals surface area contributed by atoms with E-state index < -0.39 is 5.60 Å². The first kappa shape index (κ1) is 24.0. The molecule has 3 aromatic rings. The summed E-state index contributed by atoms with van der Waals surface area (Å²) in [5.74, 6) is 0.574. The normalized spacial score (nSPS) is 14.7. The molecule has 0 bridgehead atoms. The van der Waals surface area contributed by atoms with Crippen molar-refractivity contribution in [3.63, 3.8) is 0 Å². The predicted molar refractivity (Wildman–Crippen MR) is 140 cm³/mol. The molecule has 0 radical (unpaired) electrons. The number of carbonyl (C=O) groups is 1. The lowest BCUT2D eigenvalue weighted by atomic mass is 10.1. The number of anilines is 1. The first-order chi connectivity index (χ1) is 16.1. The molecule has 1 aliphatic heterocycles. The lowest BCUT2D eigenvalue weighted by molar-refractivity contribution is 0.0240. The molecule has 9 nitrogen and oxygen atoms in total. The molecule has 0 saturated carbocycles. The zero-order chi connectivity index (χ0) is 24.5. The van der Waals surface area contributed by atoms with E-state index in [1.165, 1.54) is 6.21 Å². The number of halogens is 1. The second-order valence-electron chi connectivity index (χ2n) is 8.99. The van der Waals surface area contributed by atoms with Crippen molar-refractivity contribution in [1.82, 2.24) is 14.9 Å². The third kappa shape index (κ3) is 5.49. The molecule has 2 aromatic heterocycles. The smallest absolute Gasteiger partial charge is 0.410 e. The second kappa shape index (κ2) is 9.61. The van der Waals surface area contributed by atoms with E-state index in [1.807, 2.05) is 45.0 Å². The topological polar surface area (TPSA) is 111 Å². The van der Waals surface area contributed by atoms with Crippen molar-refractivity contribution in [3.8, 4) is 5.88 Å². The van der Waals surface area contributed by atoms with Crippen molar-refractivity contribution < 1.29 is 14.6 Å². The number of aliphatic imine (C=N–C) groups is 1. The number of fused-ring (bicyclic) bond motifs is 1. The number of nitrogens with zero attached hydrogens (tertiary/aromatic N) is 4. The van der Waals surface area contributed by atoms with Gasteiger partial charge in [0.1, 0.15) is 11.4 Å². The minimum Gasteiger partial charge on any atom is -0.494 e. The molecule has 1 amide bonds. The number of hydrogen-bond donors (Lipinski definition) is 2. The highest BCUT2D eigenvalue weighted by atomic mass is 127. The molecular formula is C24H26IN5O4. The van der Waals surface area contributed by atoms with Gasteiger partial charge in [-0.2, -0.15) is 0 Å². The number of carbonyl (C=O) groups excluding carboxylic acids is 1. The lowest BCUT2D eigenvalue weighted by Crippen LogP contribution is -2.50. The van der Waals surface area contributed by atoms with Crippen LogP contribution in [-0.4, -0.2) is 64.1 Å². The summed E-state index contributed by atoms with van der Waals surface area (Å²) in [6.07, 6.45) is 2.89. The van der Waals surface area contributed by atoms with Gasteiger partial charge in [-0.1, -0.05) is 0 Å². The number of hydrogen-bond acceptors (Lipinski definition) is 7. The minimum atomic E-state index is -0.511. The van der Waals surface area contributed by atoms with Gasteiger partial charge >= 0.3 is 6.09 Å². The largest absolute Gasteiger partial charge is 0.494 e. The van der Waals surface area contributed by atoms with Crippen LogP contribution in [-0.2, 0) is 4.74 Å². The van der Waals surface area contributed by atoms with Crippen LogP contribution >= 0.6 is 22.6 Å². The fraction of sp³-hybridized carbons (Fsp3) is 0.333. The second-order valence-corrected chi connectivity index (χ2v) is 10.2. The highest BCUT2D eigenvalue weighted by Gasteiger charge is 2.26. The Bertz CT molecular complexity index is 1290. The summed E-state index contributed by atoms with van der Waals surface area (Å²) in [7, 11) is 0. The number of ether oxygens (including phenoxy) is 1. The van der Waals surface area contributed by atoms with Crippen LogP contribution in [0.1, 0.15) is 26.3 Å². The van der Waals surface area contributed by atoms with E-state index in [4.69, 9.17) is 4.74 Å². The van der Waals surface area contributed by atoms with Gasteiger partial charge in [-0.05, 0) is 73.7 Å². The SMILES string of the molecule is CC(C)(C)OC(=O)N1CCN(c2ccc(N=Cc3c(O)[nH]c(=O)c4ccc(I)cc34)cn2)CC1. The number of rotatable bonds is 3. The van der Waals surface area contributed by atoms with Gasteiger partial charge in [0.25, 0.3) is 5.56 Å². The van der Waals surface area contributed by atoms with Crippen LogP contribution < -0.4 is 10.5 Å². The molecule has 1 fully saturated rings. The zero-order valence-corrected chi connectivity index (χ0v) is 21.4. The standard InChI is InChI=1S/C24H26IN5O4/c1-24(2,3)34-23(33)30-10-8-29(9-11-30)20-7-5-16(13-27-20)26-14-19-18-12-15(25)4-6-17(18)21(31)28-22(19)32/h4-7,12-14H,8-11H2,1-3H3,(H2,28,31,32). The van der Waals surface area contributed by atoms with E-state index in [1.54, 1.807) is 17.2 Å². The van der Waals surface area contributed by atoms with E-state index in [9.17, 15) is 14.7 Å². The summed E-state index contributed by atoms with van der Waals surface area (Å²) in [4.78, 5) is 39.6. The summed E-state index contributed by atoms with van der Waals surface area (Å²) in [6, 6.07) is 9.12. The van der Waals surface area contributed by atoms with Crippen LogP contribution in [0.5, 0.6) is 5.88 Å². The molecule has 3 heterocycles. The average Bonchev–Trinajstić information content (AvgIpc) is 2.78. The number of aromatic nitrogens is 2.